The van der Waals surface area contributed by atoms with E-state index in [-0.39, 0.29) is 16.9 Å². The molecule has 108 valence electrons. The molecule has 0 unspecified atom stereocenters. The number of aliphatic hydroxyl groups is 1. The third-order valence-electron chi connectivity index (χ3n) is 2.75. The van der Waals surface area contributed by atoms with Crippen molar-refractivity contribution in [1.82, 2.24) is 4.72 Å². The van der Waals surface area contributed by atoms with Crippen LogP contribution in [-0.4, -0.2) is 33.7 Å². The summed E-state index contributed by atoms with van der Waals surface area (Å²) in [5, 5.41) is 12.2. The zero-order valence-electron chi connectivity index (χ0n) is 11.4. The van der Waals surface area contributed by atoms with E-state index in [2.05, 4.69) is 10.0 Å². The second-order valence-corrected chi connectivity index (χ2v) is 6.99. The minimum atomic E-state index is -3.58. The van der Waals surface area contributed by atoms with Crippen molar-refractivity contribution in [3.8, 4) is 0 Å². The number of aliphatic hydroxyl groups excluding tert-OH is 1. The fourth-order valence-electron chi connectivity index (χ4n) is 1.41. The van der Waals surface area contributed by atoms with Crippen molar-refractivity contribution in [1.29, 1.82) is 0 Å². The van der Waals surface area contributed by atoms with Crippen molar-refractivity contribution in [2.45, 2.75) is 18.7 Å². The topological polar surface area (TPSA) is 104 Å². The fourth-order valence-corrected chi connectivity index (χ4v) is 2.35. The lowest BCUT2D eigenvalue weighted by atomic mass is 9.95. The predicted octanol–water partition coefficient (Wildman–Crippen LogP) is 0.607. The molecule has 0 radical (unpaired) electrons. The molecule has 0 atom stereocenters. The highest BCUT2D eigenvalue weighted by Crippen LogP contribution is 2.25. The summed E-state index contributed by atoms with van der Waals surface area (Å²) < 4.78 is 26.1. The van der Waals surface area contributed by atoms with Gasteiger partial charge in [-0.3, -0.25) is 0 Å². The van der Waals surface area contributed by atoms with Crippen LogP contribution in [0.2, 0.25) is 0 Å². The molecule has 1 rings (SSSR count). The molecule has 1 aromatic rings. The van der Waals surface area contributed by atoms with Crippen LogP contribution in [0.25, 0.3) is 0 Å². The molecule has 0 heterocycles. The van der Waals surface area contributed by atoms with Crippen molar-refractivity contribution in [3.05, 3.63) is 18.2 Å². The van der Waals surface area contributed by atoms with E-state index in [9.17, 15) is 13.5 Å². The van der Waals surface area contributed by atoms with Crippen LogP contribution >= 0.6 is 0 Å². The van der Waals surface area contributed by atoms with Gasteiger partial charge in [0.2, 0.25) is 10.0 Å². The van der Waals surface area contributed by atoms with E-state index < -0.39 is 10.0 Å². The molecule has 19 heavy (non-hydrogen) atoms. The number of nitrogen functional groups attached to an aromatic ring is 1. The molecule has 0 saturated heterocycles. The first kappa shape index (κ1) is 15.7. The van der Waals surface area contributed by atoms with Gasteiger partial charge in [0.05, 0.1) is 5.69 Å². The number of hydrogen-bond acceptors (Lipinski definition) is 5. The van der Waals surface area contributed by atoms with Gasteiger partial charge in [-0.1, -0.05) is 13.8 Å². The standard InChI is InChI=1S/C12H21N3O3S/c1-12(2,8-16)7-15-10-5-4-9(13)6-11(10)19(17,18)14-3/h4-6,14-16H,7-8,13H2,1-3H3. The van der Waals surface area contributed by atoms with E-state index in [1.54, 1.807) is 12.1 Å². The van der Waals surface area contributed by atoms with Gasteiger partial charge in [-0.15, -0.1) is 0 Å². The molecule has 0 aliphatic rings. The SMILES string of the molecule is CNS(=O)(=O)c1cc(N)ccc1NCC(C)(C)CO. The largest absolute Gasteiger partial charge is 0.399 e. The van der Waals surface area contributed by atoms with E-state index in [1.165, 1.54) is 13.1 Å². The maximum absolute atomic E-state index is 11.9. The van der Waals surface area contributed by atoms with Crippen molar-refractivity contribution in [2.24, 2.45) is 5.41 Å². The average Bonchev–Trinajstić information content (AvgIpc) is 2.37. The molecule has 6 nitrogen and oxygen atoms in total. The van der Waals surface area contributed by atoms with Gasteiger partial charge in [-0.2, -0.15) is 0 Å². The van der Waals surface area contributed by atoms with Crippen LogP contribution in [0.15, 0.2) is 23.1 Å². The summed E-state index contributed by atoms with van der Waals surface area (Å²) in [5.74, 6) is 0. The molecule has 0 saturated carbocycles. The van der Waals surface area contributed by atoms with Crippen molar-refractivity contribution in [3.63, 3.8) is 0 Å². The quantitative estimate of drug-likeness (QED) is 0.574. The van der Waals surface area contributed by atoms with E-state index in [0.717, 1.165) is 0 Å². The second kappa shape index (κ2) is 5.77. The molecule has 0 aromatic heterocycles. The number of rotatable bonds is 6. The summed E-state index contributed by atoms with van der Waals surface area (Å²) in [6.45, 7) is 4.20. The maximum atomic E-state index is 11.9. The fraction of sp³-hybridized carbons (Fsp3) is 0.500. The van der Waals surface area contributed by atoms with Gasteiger partial charge in [0.25, 0.3) is 0 Å². The number of sulfonamides is 1. The Balaban J connectivity index is 3.09. The third kappa shape index (κ3) is 4.09. The number of nitrogens with two attached hydrogens (primary N) is 1. The number of nitrogens with one attached hydrogen (secondary N) is 2. The molecule has 0 aliphatic carbocycles. The first-order valence-electron chi connectivity index (χ1n) is 5.90. The first-order chi connectivity index (χ1) is 8.72. The maximum Gasteiger partial charge on any atom is 0.242 e. The smallest absolute Gasteiger partial charge is 0.242 e. The lowest BCUT2D eigenvalue weighted by Gasteiger charge is -2.23. The van der Waals surface area contributed by atoms with Crippen LogP contribution in [0.3, 0.4) is 0 Å². The van der Waals surface area contributed by atoms with Crippen molar-refractivity contribution < 1.29 is 13.5 Å². The van der Waals surface area contributed by atoms with Crippen LogP contribution in [0.5, 0.6) is 0 Å². The van der Waals surface area contributed by atoms with Crippen molar-refractivity contribution >= 4 is 21.4 Å². The number of anilines is 2. The molecule has 0 amide bonds. The van der Waals surface area contributed by atoms with Gasteiger partial charge in [0.15, 0.2) is 0 Å². The Bertz CT molecular complexity index is 541. The van der Waals surface area contributed by atoms with Crippen LogP contribution < -0.4 is 15.8 Å². The van der Waals surface area contributed by atoms with E-state index in [1.807, 2.05) is 13.8 Å². The minimum Gasteiger partial charge on any atom is -0.399 e. The van der Waals surface area contributed by atoms with E-state index in [4.69, 9.17) is 5.73 Å². The summed E-state index contributed by atoms with van der Waals surface area (Å²) in [6.07, 6.45) is 0. The molecule has 0 fully saturated rings. The monoisotopic (exact) mass is 287 g/mol. The van der Waals surface area contributed by atoms with Crippen LogP contribution in [0.1, 0.15) is 13.8 Å². The van der Waals surface area contributed by atoms with Crippen LogP contribution in [0.4, 0.5) is 11.4 Å². The molecule has 0 spiro atoms. The highest BCUT2D eigenvalue weighted by atomic mass is 32.2. The molecule has 0 bridgehead atoms. The second-order valence-electron chi connectivity index (χ2n) is 5.14. The molecular weight excluding hydrogens is 266 g/mol. The highest BCUT2D eigenvalue weighted by Gasteiger charge is 2.20. The van der Waals surface area contributed by atoms with Gasteiger partial charge in [-0.05, 0) is 25.2 Å². The Morgan fingerprint density at radius 3 is 2.53 bits per heavy atom. The molecular formula is C12H21N3O3S. The molecule has 7 heteroatoms. The van der Waals surface area contributed by atoms with Crippen LogP contribution in [-0.2, 0) is 10.0 Å². The van der Waals surface area contributed by atoms with Crippen molar-refractivity contribution in [2.75, 3.05) is 31.2 Å². The summed E-state index contributed by atoms with van der Waals surface area (Å²) >= 11 is 0. The molecule has 0 aliphatic heterocycles. The summed E-state index contributed by atoms with van der Waals surface area (Å²) in [4.78, 5) is 0.101. The van der Waals surface area contributed by atoms with Gasteiger partial charge in [0.1, 0.15) is 4.90 Å². The molecule has 5 N–H and O–H groups in total. The first-order valence-corrected chi connectivity index (χ1v) is 7.38. The van der Waals surface area contributed by atoms with Gasteiger partial charge < -0.3 is 16.2 Å². The zero-order valence-corrected chi connectivity index (χ0v) is 12.2. The number of benzene rings is 1. The lowest BCUT2D eigenvalue weighted by molar-refractivity contribution is 0.171. The zero-order chi connectivity index (χ0) is 14.7. The predicted molar refractivity (Wildman–Crippen MR) is 76.5 cm³/mol. The molecule has 1 aromatic carbocycles. The van der Waals surface area contributed by atoms with Gasteiger partial charge in [-0.25, -0.2) is 13.1 Å². The Hall–Kier alpha value is -1.31. The normalized spacial score (nSPS) is 12.4. The Morgan fingerprint density at radius 1 is 1.37 bits per heavy atom. The lowest BCUT2D eigenvalue weighted by Crippen LogP contribution is -2.28. The highest BCUT2D eigenvalue weighted by molar-refractivity contribution is 7.89. The van der Waals surface area contributed by atoms with E-state index in [0.29, 0.717) is 17.9 Å². The summed E-state index contributed by atoms with van der Waals surface area (Å²) in [6, 6.07) is 4.65. The van der Waals surface area contributed by atoms with Crippen LogP contribution in [0, 0.1) is 5.41 Å². The Kier molecular flexibility index (Phi) is 4.78. The van der Waals surface area contributed by atoms with Gasteiger partial charge >= 0.3 is 0 Å². The average molecular weight is 287 g/mol. The minimum absolute atomic E-state index is 0.00306. The summed E-state index contributed by atoms with van der Waals surface area (Å²) in [7, 11) is -2.23. The van der Waals surface area contributed by atoms with Gasteiger partial charge in [0, 0.05) is 24.3 Å². The Labute approximate surface area is 114 Å². The summed E-state index contributed by atoms with van der Waals surface area (Å²) in [5.41, 5.74) is 6.12. The van der Waals surface area contributed by atoms with E-state index >= 15 is 0 Å². The Morgan fingerprint density at radius 2 is 2.00 bits per heavy atom. The third-order valence-corrected chi connectivity index (χ3v) is 4.20. The number of hydrogen-bond donors (Lipinski definition) is 4.